The lowest BCUT2D eigenvalue weighted by molar-refractivity contribution is 0.372. The number of nitrogens with one attached hydrogen (secondary N) is 1. The predicted molar refractivity (Wildman–Crippen MR) is 51.6 cm³/mol. The van der Waals surface area contributed by atoms with Gasteiger partial charge in [0, 0.05) is 0 Å². The smallest absolute Gasteiger partial charge is 0.159 e. The van der Waals surface area contributed by atoms with E-state index in [9.17, 15) is 0 Å². The first-order chi connectivity index (χ1) is 5.86. The first-order valence-corrected chi connectivity index (χ1v) is 4.33. The fraction of sp³-hybridized carbons (Fsp3) is 0.400. The summed E-state index contributed by atoms with van der Waals surface area (Å²) in [4.78, 5) is 0. The molecule has 0 amide bonds. The topological polar surface area (TPSA) is 21.3 Å². The van der Waals surface area contributed by atoms with Crippen molar-refractivity contribution >= 4 is 5.69 Å². The number of aryl methyl sites for hydroxylation is 1. The highest BCUT2D eigenvalue weighted by Gasteiger charge is 2.08. The summed E-state index contributed by atoms with van der Waals surface area (Å²) >= 11 is 0. The molecule has 0 saturated heterocycles. The minimum Gasteiger partial charge on any atom is -0.471 e. The van der Waals surface area contributed by atoms with Gasteiger partial charge in [0.25, 0.3) is 0 Å². The lowest BCUT2D eigenvalue weighted by atomic mass is 10.2. The van der Waals surface area contributed by atoms with Gasteiger partial charge in [-0.3, -0.25) is 0 Å². The molecule has 1 N–H and O–H groups in total. The maximum atomic E-state index is 5.27. The average Bonchev–Trinajstić information content (AvgIpc) is 2.54. The Bertz CT molecular complexity index is 258. The molecule has 0 atom stereocenters. The first kappa shape index (κ1) is 8.91. The second kappa shape index (κ2) is 4.00. The number of fused-ring (bicyclic) bond motifs is 1. The van der Waals surface area contributed by atoms with E-state index >= 15 is 0 Å². The summed E-state index contributed by atoms with van der Waals surface area (Å²) in [6, 6.07) is 6.15. The lowest BCUT2D eigenvalue weighted by Gasteiger charge is -1.96. The number of benzene rings is 1. The van der Waals surface area contributed by atoms with E-state index in [0.717, 1.165) is 11.4 Å². The molecule has 12 heavy (non-hydrogen) atoms. The number of hydrogen-bond acceptors (Lipinski definition) is 2. The van der Waals surface area contributed by atoms with Gasteiger partial charge in [0.1, 0.15) is 5.75 Å². The van der Waals surface area contributed by atoms with Gasteiger partial charge in [0.15, 0.2) is 6.73 Å². The molecule has 1 aromatic rings. The molecule has 0 radical (unpaired) electrons. The Morgan fingerprint density at radius 1 is 1.33 bits per heavy atom. The zero-order valence-corrected chi connectivity index (χ0v) is 7.85. The minimum atomic E-state index is 0.610. The zero-order valence-electron chi connectivity index (χ0n) is 7.85. The zero-order chi connectivity index (χ0) is 8.97. The molecule has 1 heterocycles. The molecule has 2 nitrogen and oxygen atoms in total. The van der Waals surface area contributed by atoms with Crippen molar-refractivity contribution in [2.24, 2.45) is 0 Å². The summed E-state index contributed by atoms with van der Waals surface area (Å²) in [7, 11) is 0. The van der Waals surface area contributed by atoms with E-state index in [1.807, 2.05) is 26.0 Å². The highest BCUT2D eigenvalue weighted by atomic mass is 16.5. The molecule has 0 spiro atoms. The molecule has 1 aliphatic rings. The van der Waals surface area contributed by atoms with Crippen molar-refractivity contribution in [2.45, 2.75) is 20.8 Å². The molecule has 1 aliphatic heterocycles. The minimum absolute atomic E-state index is 0.610. The van der Waals surface area contributed by atoms with Gasteiger partial charge in [-0.05, 0) is 24.6 Å². The molecule has 2 heteroatoms. The maximum Gasteiger partial charge on any atom is 0.159 e. The highest BCUT2D eigenvalue weighted by Crippen LogP contribution is 2.29. The van der Waals surface area contributed by atoms with Gasteiger partial charge in [-0.2, -0.15) is 0 Å². The summed E-state index contributed by atoms with van der Waals surface area (Å²) in [5, 5.41) is 3.11. The molecular formula is C10H15NO. The van der Waals surface area contributed by atoms with Crippen molar-refractivity contribution in [3.8, 4) is 5.75 Å². The van der Waals surface area contributed by atoms with E-state index in [2.05, 4.69) is 18.3 Å². The molecule has 0 unspecified atom stereocenters. The molecule has 66 valence electrons. The lowest BCUT2D eigenvalue weighted by Crippen LogP contribution is -1.96. The van der Waals surface area contributed by atoms with Crippen LogP contribution in [0, 0.1) is 6.92 Å². The molecule has 0 aliphatic carbocycles. The van der Waals surface area contributed by atoms with Gasteiger partial charge in [-0.1, -0.05) is 19.9 Å². The third-order valence-electron chi connectivity index (χ3n) is 1.63. The van der Waals surface area contributed by atoms with Crippen LogP contribution in [0.2, 0.25) is 0 Å². The first-order valence-electron chi connectivity index (χ1n) is 4.33. The van der Waals surface area contributed by atoms with Gasteiger partial charge < -0.3 is 10.1 Å². The van der Waals surface area contributed by atoms with Crippen LogP contribution in [-0.4, -0.2) is 6.73 Å². The Kier molecular flexibility index (Phi) is 2.97. The quantitative estimate of drug-likeness (QED) is 0.638. The van der Waals surface area contributed by atoms with Crippen LogP contribution in [0.15, 0.2) is 18.2 Å². The van der Waals surface area contributed by atoms with Gasteiger partial charge in [0.05, 0.1) is 5.69 Å². The molecule has 1 aromatic carbocycles. The van der Waals surface area contributed by atoms with Crippen molar-refractivity contribution in [3.63, 3.8) is 0 Å². The largest absolute Gasteiger partial charge is 0.471 e. The second-order valence-corrected chi connectivity index (χ2v) is 2.47. The standard InChI is InChI=1S/C8H9NO.C2H6/c1-6-2-3-7-8(4-6)10-5-9-7;1-2/h2-4,9H,5H2,1H3;1-2H3. The molecule has 0 fully saturated rings. The Morgan fingerprint density at radius 2 is 2.08 bits per heavy atom. The fourth-order valence-electron chi connectivity index (χ4n) is 1.09. The monoisotopic (exact) mass is 165 g/mol. The molecule has 0 bridgehead atoms. The van der Waals surface area contributed by atoms with Crippen LogP contribution in [-0.2, 0) is 0 Å². The SMILES string of the molecule is CC.Cc1ccc2c(c1)OCN2. The van der Waals surface area contributed by atoms with Crippen molar-refractivity contribution in [3.05, 3.63) is 23.8 Å². The van der Waals surface area contributed by atoms with Gasteiger partial charge in [-0.25, -0.2) is 0 Å². The van der Waals surface area contributed by atoms with Crippen LogP contribution < -0.4 is 10.1 Å². The summed E-state index contributed by atoms with van der Waals surface area (Å²) in [5.41, 5.74) is 2.34. The van der Waals surface area contributed by atoms with Gasteiger partial charge >= 0.3 is 0 Å². The average molecular weight is 165 g/mol. The number of rotatable bonds is 0. The van der Waals surface area contributed by atoms with Gasteiger partial charge in [-0.15, -0.1) is 0 Å². The van der Waals surface area contributed by atoms with Gasteiger partial charge in [0.2, 0.25) is 0 Å². The van der Waals surface area contributed by atoms with Crippen molar-refractivity contribution in [2.75, 3.05) is 12.0 Å². The molecular weight excluding hydrogens is 150 g/mol. The molecule has 0 aromatic heterocycles. The Balaban J connectivity index is 0.000000336. The predicted octanol–water partition coefficient (Wildman–Crippen LogP) is 2.78. The fourth-order valence-corrected chi connectivity index (χ4v) is 1.09. The van der Waals surface area contributed by atoms with E-state index < -0.39 is 0 Å². The van der Waals surface area contributed by atoms with E-state index in [1.165, 1.54) is 5.56 Å². The van der Waals surface area contributed by atoms with Crippen LogP contribution in [0.5, 0.6) is 5.75 Å². The Hall–Kier alpha value is -1.18. The third kappa shape index (κ3) is 1.70. The third-order valence-corrected chi connectivity index (χ3v) is 1.63. The molecule has 2 rings (SSSR count). The normalized spacial score (nSPS) is 11.9. The second-order valence-electron chi connectivity index (χ2n) is 2.47. The van der Waals surface area contributed by atoms with E-state index in [4.69, 9.17) is 4.74 Å². The summed E-state index contributed by atoms with van der Waals surface area (Å²) in [5.74, 6) is 0.972. The Labute approximate surface area is 73.6 Å². The van der Waals surface area contributed by atoms with Crippen LogP contribution in [0.3, 0.4) is 0 Å². The van der Waals surface area contributed by atoms with Crippen LogP contribution in [0.4, 0.5) is 5.69 Å². The van der Waals surface area contributed by atoms with Crippen LogP contribution in [0.25, 0.3) is 0 Å². The number of ether oxygens (including phenoxy) is 1. The number of hydrogen-bond donors (Lipinski definition) is 1. The van der Waals surface area contributed by atoms with Crippen molar-refractivity contribution < 1.29 is 4.74 Å². The van der Waals surface area contributed by atoms with Crippen molar-refractivity contribution in [1.82, 2.24) is 0 Å². The van der Waals surface area contributed by atoms with E-state index in [1.54, 1.807) is 0 Å². The summed E-state index contributed by atoms with van der Waals surface area (Å²) < 4.78 is 5.27. The van der Waals surface area contributed by atoms with Crippen molar-refractivity contribution in [1.29, 1.82) is 0 Å². The van der Waals surface area contributed by atoms with E-state index in [-0.39, 0.29) is 0 Å². The van der Waals surface area contributed by atoms with Crippen LogP contribution in [0.1, 0.15) is 19.4 Å². The highest BCUT2D eigenvalue weighted by molar-refractivity contribution is 5.59. The summed E-state index contributed by atoms with van der Waals surface area (Å²) in [6.07, 6.45) is 0. The number of anilines is 1. The maximum absolute atomic E-state index is 5.27. The van der Waals surface area contributed by atoms with E-state index in [0.29, 0.717) is 6.73 Å². The summed E-state index contributed by atoms with van der Waals surface area (Å²) in [6.45, 7) is 6.67. The molecule has 0 saturated carbocycles. The Morgan fingerprint density at radius 3 is 2.83 bits per heavy atom. The van der Waals surface area contributed by atoms with Crippen LogP contribution >= 0.6 is 0 Å².